The monoisotopic (exact) mass is 475 g/mol. The first-order chi connectivity index (χ1) is 16.1. The van der Waals surface area contributed by atoms with Gasteiger partial charge < -0.3 is 5.32 Å². The summed E-state index contributed by atoms with van der Waals surface area (Å²) in [4.78, 5) is 30.7. The van der Waals surface area contributed by atoms with Crippen LogP contribution in [0, 0.1) is 0 Å². The number of benzene rings is 3. The average molecular weight is 476 g/mol. The van der Waals surface area contributed by atoms with E-state index in [2.05, 4.69) is 17.4 Å². The predicted octanol–water partition coefficient (Wildman–Crippen LogP) is 4.99. The fraction of sp³-hybridized carbons (Fsp3) is 0.192. The number of aromatic nitrogens is 2. The lowest BCUT2D eigenvalue weighted by Gasteiger charge is -2.16. The minimum atomic E-state index is -0.122. The van der Waals surface area contributed by atoms with Crippen molar-refractivity contribution in [2.45, 2.75) is 30.6 Å². The van der Waals surface area contributed by atoms with E-state index in [0.717, 1.165) is 18.4 Å². The molecule has 7 heteroatoms. The Morgan fingerprint density at radius 3 is 2.67 bits per heavy atom. The Bertz CT molecular complexity index is 1380. The van der Waals surface area contributed by atoms with Crippen molar-refractivity contribution in [3.05, 3.63) is 105 Å². The molecule has 166 valence electrons. The molecule has 0 saturated heterocycles. The molecule has 4 aromatic rings. The lowest BCUT2D eigenvalue weighted by atomic mass is 10.1. The summed E-state index contributed by atoms with van der Waals surface area (Å²) in [5.41, 5.74) is 3.93. The highest BCUT2D eigenvalue weighted by atomic mass is 35.5. The van der Waals surface area contributed by atoms with Crippen LogP contribution in [0.3, 0.4) is 0 Å². The fourth-order valence-electron chi connectivity index (χ4n) is 4.24. The number of carbonyl (C=O) groups is 1. The van der Waals surface area contributed by atoms with Crippen LogP contribution in [-0.4, -0.2) is 21.2 Å². The first-order valence-electron chi connectivity index (χ1n) is 10.8. The number of nitrogens with one attached hydrogen (secondary N) is 1. The van der Waals surface area contributed by atoms with Gasteiger partial charge in [-0.3, -0.25) is 14.2 Å². The van der Waals surface area contributed by atoms with Gasteiger partial charge in [0.25, 0.3) is 5.56 Å². The molecule has 1 aromatic heterocycles. The molecule has 0 spiro atoms. The second kappa shape index (κ2) is 9.41. The molecule has 33 heavy (non-hydrogen) atoms. The van der Waals surface area contributed by atoms with Crippen LogP contribution in [0.1, 0.15) is 29.2 Å². The van der Waals surface area contributed by atoms with Gasteiger partial charge in [-0.05, 0) is 53.8 Å². The van der Waals surface area contributed by atoms with E-state index >= 15 is 0 Å². The number of halogens is 1. The number of thioether (sulfide) groups is 1. The molecule has 0 bridgehead atoms. The number of rotatable bonds is 6. The third kappa shape index (κ3) is 4.68. The van der Waals surface area contributed by atoms with Crippen LogP contribution in [0.4, 0.5) is 0 Å². The van der Waals surface area contributed by atoms with Crippen LogP contribution >= 0.6 is 23.4 Å². The first kappa shape index (κ1) is 21.7. The minimum absolute atomic E-state index is 0.0372. The first-order valence-corrected chi connectivity index (χ1v) is 12.2. The normalized spacial score (nSPS) is 14.9. The number of amides is 1. The van der Waals surface area contributed by atoms with E-state index in [1.165, 1.54) is 22.9 Å². The van der Waals surface area contributed by atoms with Crippen molar-refractivity contribution in [2.24, 2.45) is 0 Å². The Labute approximate surface area is 200 Å². The molecule has 5 nitrogen and oxygen atoms in total. The van der Waals surface area contributed by atoms with Crippen LogP contribution in [0.5, 0.6) is 0 Å². The zero-order valence-electron chi connectivity index (χ0n) is 17.8. The van der Waals surface area contributed by atoms with E-state index in [4.69, 9.17) is 16.6 Å². The maximum absolute atomic E-state index is 13.3. The maximum Gasteiger partial charge on any atom is 0.262 e. The molecule has 5 rings (SSSR count). The summed E-state index contributed by atoms with van der Waals surface area (Å²) in [7, 11) is 0. The number of carbonyl (C=O) groups excluding carboxylic acids is 1. The number of fused-ring (bicyclic) bond motifs is 2. The Balaban J connectivity index is 1.38. The van der Waals surface area contributed by atoms with Gasteiger partial charge in [0.1, 0.15) is 0 Å². The van der Waals surface area contributed by atoms with E-state index in [0.29, 0.717) is 27.6 Å². The summed E-state index contributed by atoms with van der Waals surface area (Å²) in [5, 5.41) is 4.87. The van der Waals surface area contributed by atoms with E-state index in [-0.39, 0.29) is 23.3 Å². The molecule has 0 aliphatic heterocycles. The third-order valence-corrected chi connectivity index (χ3v) is 7.11. The average Bonchev–Trinajstić information content (AvgIpc) is 3.24. The predicted molar refractivity (Wildman–Crippen MR) is 133 cm³/mol. The van der Waals surface area contributed by atoms with Gasteiger partial charge in [0.05, 0.1) is 29.2 Å². The molecule has 1 atom stereocenters. The Hall–Kier alpha value is -3.09. The van der Waals surface area contributed by atoms with Gasteiger partial charge >= 0.3 is 0 Å². The van der Waals surface area contributed by atoms with Crippen molar-refractivity contribution in [1.82, 2.24) is 14.9 Å². The molecule has 1 N–H and O–H groups in total. The Morgan fingerprint density at radius 1 is 1.06 bits per heavy atom. The largest absolute Gasteiger partial charge is 0.349 e. The molecule has 1 aliphatic rings. The smallest absolute Gasteiger partial charge is 0.262 e. The molecule has 1 aliphatic carbocycles. The third-order valence-electron chi connectivity index (χ3n) is 5.88. The topological polar surface area (TPSA) is 64.0 Å². The van der Waals surface area contributed by atoms with Crippen molar-refractivity contribution in [3.63, 3.8) is 0 Å². The van der Waals surface area contributed by atoms with Gasteiger partial charge in [0.15, 0.2) is 5.16 Å². The van der Waals surface area contributed by atoms with Crippen LogP contribution in [-0.2, 0) is 17.8 Å². The number of hydrogen-bond acceptors (Lipinski definition) is 4. The summed E-state index contributed by atoms with van der Waals surface area (Å²) in [6, 6.07) is 22.9. The van der Waals surface area contributed by atoms with Crippen LogP contribution in [0.25, 0.3) is 10.9 Å². The van der Waals surface area contributed by atoms with Gasteiger partial charge in [-0.25, -0.2) is 4.98 Å². The maximum atomic E-state index is 13.3. The second-order valence-corrected chi connectivity index (χ2v) is 9.45. The quantitative estimate of drug-likeness (QED) is 0.315. The molecule has 0 saturated carbocycles. The van der Waals surface area contributed by atoms with E-state index in [1.807, 2.05) is 42.5 Å². The van der Waals surface area contributed by atoms with Gasteiger partial charge in [0.2, 0.25) is 5.91 Å². The molecule has 0 fully saturated rings. The fourth-order valence-corrected chi connectivity index (χ4v) is 5.18. The summed E-state index contributed by atoms with van der Waals surface area (Å²) < 4.78 is 1.63. The zero-order valence-corrected chi connectivity index (χ0v) is 19.4. The van der Waals surface area contributed by atoms with Gasteiger partial charge in [-0.2, -0.15) is 0 Å². The minimum Gasteiger partial charge on any atom is -0.349 e. The zero-order chi connectivity index (χ0) is 22.8. The molecule has 1 heterocycles. The number of hydrogen-bond donors (Lipinski definition) is 1. The molecule has 1 unspecified atom stereocenters. The standard InChI is InChI=1S/C26H22ClN3O2S/c27-19-12-9-17(10-13-19)15-30-25(32)21-7-3-4-8-22(21)29-26(30)33-16-24(31)28-23-14-11-18-5-1-2-6-20(18)23/h1-10,12-13,23H,11,14-16H2,(H,28,31). The highest BCUT2D eigenvalue weighted by molar-refractivity contribution is 7.99. The van der Waals surface area contributed by atoms with E-state index < -0.39 is 0 Å². The van der Waals surface area contributed by atoms with Gasteiger partial charge in [0, 0.05) is 5.02 Å². The van der Waals surface area contributed by atoms with Crippen LogP contribution < -0.4 is 10.9 Å². The number of nitrogens with zero attached hydrogens (tertiary/aromatic N) is 2. The molecule has 0 radical (unpaired) electrons. The number of para-hydroxylation sites is 1. The highest BCUT2D eigenvalue weighted by Crippen LogP contribution is 2.31. The SMILES string of the molecule is O=C(CSc1nc2ccccc2c(=O)n1Cc1ccc(Cl)cc1)NC1CCc2ccccc21. The van der Waals surface area contributed by atoms with Gasteiger partial charge in [-0.15, -0.1) is 0 Å². The second-order valence-electron chi connectivity index (χ2n) is 8.08. The molecule has 3 aromatic carbocycles. The van der Waals surface area contributed by atoms with Gasteiger partial charge in [-0.1, -0.05) is 71.9 Å². The van der Waals surface area contributed by atoms with Crippen molar-refractivity contribution in [3.8, 4) is 0 Å². The summed E-state index contributed by atoms with van der Waals surface area (Å²) in [6.07, 6.45) is 1.88. The van der Waals surface area contributed by atoms with E-state index in [9.17, 15) is 9.59 Å². The van der Waals surface area contributed by atoms with Crippen molar-refractivity contribution in [2.75, 3.05) is 5.75 Å². The van der Waals surface area contributed by atoms with E-state index in [1.54, 1.807) is 22.8 Å². The molecule has 1 amide bonds. The molecular formula is C26H22ClN3O2S. The highest BCUT2D eigenvalue weighted by Gasteiger charge is 2.23. The van der Waals surface area contributed by atoms with Crippen LogP contribution in [0.2, 0.25) is 5.02 Å². The lowest BCUT2D eigenvalue weighted by Crippen LogP contribution is -2.29. The van der Waals surface area contributed by atoms with Crippen LogP contribution in [0.15, 0.2) is 82.7 Å². The lowest BCUT2D eigenvalue weighted by molar-refractivity contribution is -0.119. The van der Waals surface area contributed by atoms with Crippen molar-refractivity contribution < 1.29 is 4.79 Å². The number of aryl methyl sites for hydroxylation is 1. The Kier molecular flexibility index (Phi) is 6.20. The van der Waals surface area contributed by atoms with Crippen molar-refractivity contribution >= 4 is 40.2 Å². The van der Waals surface area contributed by atoms with Crippen molar-refractivity contribution in [1.29, 1.82) is 0 Å². The summed E-state index contributed by atoms with van der Waals surface area (Å²) in [6.45, 7) is 0.355. The summed E-state index contributed by atoms with van der Waals surface area (Å²) >= 11 is 7.30. The molecular weight excluding hydrogens is 454 g/mol. The summed E-state index contributed by atoms with van der Waals surface area (Å²) in [5.74, 6) is 0.117. The Morgan fingerprint density at radius 2 is 1.82 bits per heavy atom.